The Hall–Kier alpha value is -2.47. The second kappa shape index (κ2) is 9.13. The van der Waals surface area contributed by atoms with Gasteiger partial charge in [0.25, 0.3) is 11.8 Å². The third-order valence-corrected chi connectivity index (χ3v) is 4.23. The molecule has 5 nitrogen and oxygen atoms in total. The van der Waals surface area contributed by atoms with Crippen molar-refractivity contribution in [2.75, 3.05) is 6.54 Å². The fourth-order valence-corrected chi connectivity index (χ4v) is 2.55. The molecule has 0 saturated heterocycles. The molecule has 0 aromatic heterocycles. The van der Waals surface area contributed by atoms with Crippen molar-refractivity contribution in [3.8, 4) is 0 Å². The van der Waals surface area contributed by atoms with Crippen LogP contribution in [0.25, 0.3) is 0 Å². The topological polar surface area (TPSA) is 70.6 Å². The first-order valence-electron chi connectivity index (χ1n) is 7.92. The minimum Gasteiger partial charge on any atom is -0.343 e. The molecule has 0 radical (unpaired) electrons. The van der Waals surface area contributed by atoms with Gasteiger partial charge in [-0.15, -0.1) is 0 Å². The molecule has 0 aliphatic rings. The summed E-state index contributed by atoms with van der Waals surface area (Å²) in [5, 5.41) is 6.45. The van der Waals surface area contributed by atoms with Gasteiger partial charge < -0.3 is 5.32 Å². The van der Waals surface area contributed by atoms with Crippen LogP contribution in [-0.4, -0.2) is 24.6 Å². The van der Waals surface area contributed by atoms with E-state index in [0.29, 0.717) is 16.0 Å². The van der Waals surface area contributed by atoms with E-state index in [4.69, 9.17) is 0 Å². The van der Waals surface area contributed by atoms with E-state index < -0.39 is 5.91 Å². The molecule has 0 aliphatic carbocycles. The van der Waals surface area contributed by atoms with E-state index >= 15 is 0 Å². The lowest BCUT2D eigenvalue weighted by atomic mass is 10.0. The molecule has 0 spiro atoms. The Morgan fingerprint density at radius 3 is 2.44 bits per heavy atom. The normalized spacial score (nSPS) is 10.9. The first-order chi connectivity index (χ1) is 12.0. The fourth-order valence-electron chi connectivity index (χ4n) is 2.09. The van der Waals surface area contributed by atoms with Crippen LogP contribution in [0.2, 0.25) is 0 Å². The highest BCUT2D eigenvalue weighted by atomic mass is 79.9. The highest BCUT2D eigenvalue weighted by Gasteiger charge is 2.10. The van der Waals surface area contributed by atoms with Gasteiger partial charge in [0, 0.05) is 4.47 Å². The van der Waals surface area contributed by atoms with Crippen molar-refractivity contribution in [3.05, 3.63) is 69.7 Å². The maximum atomic E-state index is 12.0. The van der Waals surface area contributed by atoms with E-state index in [-0.39, 0.29) is 12.5 Å². The van der Waals surface area contributed by atoms with Crippen LogP contribution in [-0.2, 0) is 4.79 Å². The summed E-state index contributed by atoms with van der Waals surface area (Å²) in [4.78, 5) is 23.7. The van der Waals surface area contributed by atoms with Gasteiger partial charge in [-0.25, -0.2) is 5.43 Å². The van der Waals surface area contributed by atoms with Gasteiger partial charge in [0.15, 0.2) is 0 Å². The molecular weight excluding hydrogens is 382 g/mol. The molecule has 2 amide bonds. The van der Waals surface area contributed by atoms with Gasteiger partial charge in [-0.1, -0.05) is 50.2 Å². The predicted molar refractivity (Wildman–Crippen MR) is 103 cm³/mol. The van der Waals surface area contributed by atoms with Gasteiger partial charge in [-0.2, -0.15) is 5.10 Å². The second-order valence-electron chi connectivity index (χ2n) is 5.78. The molecule has 25 heavy (non-hydrogen) atoms. The van der Waals surface area contributed by atoms with E-state index in [1.54, 1.807) is 24.4 Å². The molecule has 0 bridgehead atoms. The van der Waals surface area contributed by atoms with Crippen molar-refractivity contribution < 1.29 is 9.59 Å². The Balaban J connectivity index is 1.80. The Bertz CT molecular complexity index is 770. The number of halogens is 1. The fraction of sp³-hybridized carbons (Fsp3) is 0.211. The maximum absolute atomic E-state index is 12.0. The lowest BCUT2D eigenvalue weighted by Gasteiger charge is -2.06. The van der Waals surface area contributed by atoms with Crippen molar-refractivity contribution in [1.29, 1.82) is 0 Å². The van der Waals surface area contributed by atoms with Crippen molar-refractivity contribution in [3.63, 3.8) is 0 Å². The van der Waals surface area contributed by atoms with Crippen molar-refractivity contribution in [2.45, 2.75) is 19.8 Å². The number of benzene rings is 2. The number of hydrazone groups is 1. The molecule has 2 rings (SSSR count). The minimum atomic E-state index is -0.393. The van der Waals surface area contributed by atoms with Gasteiger partial charge in [0.2, 0.25) is 0 Å². The molecule has 0 atom stereocenters. The van der Waals surface area contributed by atoms with Crippen LogP contribution in [0.1, 0.15) is 41.3 Å². The van der Waals surface area contributed by atoms with Gasteiger partial charge in [0.1, 0.15) is 0 Å². The van der Waals surface area contributed by atoms with Gasteiger partial charge in [-0.05, 0) is 45.1 Å². The first kappa shape index (κ1) is 18.9. The second-order valence-corrected chi connectivity index (χ2v) is 6.63. The van der Waals surface area contributed by atoms with Gasteiger partial charge >= 0.3 is 0 Å². The number of amides is 2. The Labute approximate surface area is 155 Å². The molecule has 0 saturated carbocycles. The molecular formula is C19H20BrN3O2. The lowest BCUT2D eigenvalue weighted by molar-refractivity contribution is -0.120. The number of rotatable bonds is 6. The lowest BCUT2D eigenvalue weighted by Crippen LogP contribution is -2.35. The highest BCUT2D eigenvalue weighted by Crippen LogP contribution is 2.15. The molecule has 6 heteroatoms. The van der Waals surface area contributed by atoms with Crippen LogP contribution in [0.15, 0.2) is 58.1 Å². The smallest absolute Gasteiger partial charge is 0.259 e. The number of carbonyl (C=O) groups is 2. The Kier molecular flexibility index (Phi) is 6.89. The van der Waals surface area contributed by atoms with E-state index in [9.17, 15) is 9.59 Å². The maximum Gasteiger partial charge on any atom is 0.259 e. The summed E-state index contributed by atoms with van der Waals surface area (Å²) in [6, 6.07) is 15.0. The zero-order chi connectivity index (χ0) is 18.2. The summed E-state index contributed by atoms with van der Waals surface area (Å²) >= 11 is 3.30. The number of carbonyl (C=O) groups excluding carboxylic acids is 2. The van der Waals surface area contributed by atoms with E-state index in [2.05, 4.69) is 45.6 Å². The number of hydrogen-bond donors (Lipinski definition) is 2. The Morgan fingerprint density at radius 1 is 1.12 bits per heavy atom. The van der Waals surface area contributed by atoms with Crippen LogP contribution in [0.5, 0.6) is 0 Å². The average Bonchev–Trinajstić information content (AvgIpc) is 2.60. The largest absolute Gasteiger partial charge is 0.343 e. The van der Waals surface area contributed by atoms with E-state index in [0.717, 1.165) is 5.56 Å². The predicted octanol–water partition coefficient (Wildman–Crippen LogP) is 3.45. The summed E-state index contributed by atoms with van der Waals surface area (Å²) in [5.41, 5.74) is 5.01. The monoisotopic (exact) mass is 401 g/mol. The summed E-state index contributed by atoms with van der Waals surface area (Å²) in [6.07, 6.45) is 1.57. The molecule has 0 fully saturated rings. The SMILES string of the molecule is CC(C)c1ccc(C=NNC(=O)CNC(=O)c2ccccc2Br)cc1. The van der Waals surface area contributed by atoms with Crippen LogP contribution >= 0.6 is 15.9 Å². The Morgan fingerprint density at radius 2 is 1.80 bits per heavy atom. The molecule has 0 unspecified atom stereocenters. The van der Waals surface area contributed by atoms with E-state index in [1.165, 1.54) is 5.56 Å². The van der Waals surface area contributed by atoms with Crippen molar-refractivity contribution in [2.24, 2.45) is 5.10 Å². The third-order valence-electron chi connectivity index (χ3n) is 3.53. The summed E-state index contributed by atoms with van der Waals surface area (Å²) in [5.74, 6) is -0.245. The molecule has 0 heterocycles. The molecule has 2 aromatic carbocycles. The van der Waals surface area contributed by atoms with Crippen LogP contribution < -0.4 is 10.7 Å². The van der Waals surface area contributed by atoms with Crippen LogP contribution in [0, 0.1) is 0 Å². The first-order valence-corrected chi connectivity index (χ1v) is 8.71. The quantitative estimate of drug-likeness (QED) is 0.574. The third kappa shape index (κ3) is 5.83. The van der Waals surface area contributed by atoms with Gasteiger partial charge in [0.05, 0.1) is 18.3 Å². The number of nitrogens with one attached hydrogen (secondary N) is 2. The number of hydrogen-bond acceptors (Lipinski definition) is 3. The molecule has 0 aliphatic heterocycles. The zero-order valence-corrected chi connectivity index (χ0v) is 15.7. The van der Waals surface area contributed by atoms with E-state index in [1.807, 2.05) is 30.3 Å². The zero-order valence-electron chi connectivity index (χ0n) is 14.1. The number of nitrogens with zero attached hydrogens (tertiary/aromatic N) is 1. The minimum absolute atomic E-state index is 0.149. The van der Waals surface area contributed by atoms with Crippen LogP contribution in [0.3, 0.4) is 0 Å². The van der Waals surface area contributed by atoms with Gasteiger partial charge in [-0.3, -0.25) is 9.59 Å². The molecule has 2 N–H and O–H groups in total. The summed E-state index contributed by atoms with van der Waals surface area (Å²) < 4.78 is 0.677. The van der Waals surface area contributed by atoms with Crippen molar-refractivity contribution in [1.82, 2.24) is 10.7 Å². The van der Waals surface area contributed by atoms with Crippen LogP contribution in [0.4, 0.5) is 0 Å². The van der Waals surface area contributed by atoms with Crippen molar-refractivity contribution >= 4 is 34.0 Å². The summed E-state index contributed by atoms with van der Waals surface area (Å²) in [7, 11) is 0. The molecule has 130 valence electrons. The molecule has 2 aromatic rings. The standard InChI is InChI=1S/C19H20BrN3O2/c1-13(2)15-9-7-14(8-10-15)11-22-23-18(24)12-21-19(25)16-5-3-4-6-17(16)20/h3-11,13H,12H2,1-2H3,(H,21,25)(H,23,24). The average molecular weight is 402 g/mol. The highest BCUT2D eigenvalue weighted by molar-refractivity contribution is 9.10. The summed E-state index contributed by atoms with van der Waals surface area (Å²) in [6.45, 7) is 4.11.